The summed E-state index contributed by atoms with van der Waals surface area (Å²) in [5.74, 6) is -53.2. The first kappa shape index (κ1) is 35.7. The van der Waals surface area contributed by atoms with Gasteiger partial charge in [0.05, 0.1) is 4.90 Å². The number of halogens is 17. The molecule has 0 radical (unpaired) electrons. The van der Waals surface area contributed by atoms with Gasteiger partial charge in [0.15, 0.2) is 0 Å². The first-order valence-corrected chi connectivity index (χ1v) is 9.30. The number of hydrogen-bond donors (Lipinski definition) is 0. The van der Waals surface area contributed by atoms with Crippen LogP contribution in [0.15, 0.2) is 29.2 Å². The van der Waals surface area contributed by atoms with Crippen LogP contribution in [-0.2, 0) is 10.1 Å². The van der Waals surface area contributed by atoms with Gasteiger partial charge in [-0.1, -0.05) is 6.07 Å². The van der Waals surface area contributed by atoms with Crippen molar-refractivity contribution in [3.8, 4) is 5.75 Å². The van der Waals surface area contributed by atoms with Crippen molar-refractivity contribution >= 4 is 10.1 Å². The van der Waals surface area contributed by atoms with Gasteiger partial charge >= 0.3 is 77.4 Å². The van der Waals surface area contributed by atoms with E-state index in [9.17, 15) is 87.6 Å². The number of rotatable bonds is 9. The number of ether oxygens (including phenoxy) is 1. The summed E-state index contributed by atoms with van der Waals surface area (Å²) in [5, 5.41) is 0. The summed E-state index contributed by atoms with van der Waals surface area (Å²) in [6, 6.07) is 0.0591. The first-order chi connectivity index (χ1) is 15.4. The van der Waals surface area contributed by atoms with Gasteiger partial charge in [0, 0.05) is 0 Å². The molecule has 0 fully saturated rings. The van der Waals surface area contributed by atoms with Crippen LogP contribution in [0.1, 0.15) is 0 Å². The maximum atomic E-state index is 13.7. The number of benzene rings is 1. The molecule has 0 atom stereocenters. The Bertz CT molecular complexity index is 1080. The Balaban J connectivity index is 0.0000130. The minimum absolute atomic E-state index is 0. The van der Waals surface area contributed by atoms with Crippen molar-refractivity contribution in [3.63, 3.8) is 0 Å². The predicted molar refractivity (Wildman–Crippen MR) is 75.7 cm³/mol. The molecular weight excluding hydrogens is 610 g/mol. The van der Waals surface area contributed by atoms with E-state index in [1.54, 1.807) is 0 Å². The Hall–Kier alpha value is -1.26. The van der Waals surface area contributed by atoms with Crippen LogP contribution in [0.4, 0.5) is 74.6 Å². The van der Waals surface area contributed by atoms with Gasteiger partial charge in [-0.15, -0.1) is 0 Å². The second kappa shape index (κ2) is 9.73. The molecule has 0 heterocycles. The molecule has 1 aromatic rings. The molecule has 37 heavy (non-hydrogen) atoms. The van der Waals surface area contributed by atoms with Gasteiger partial charge in [-0.3, -0.25) is 0 Å². The largest absolute Gasteiger partial charge is 1.00 e. The molecule has 0 unspecified atom stereocenters. The van der Waals surface area contributed by atoms with E-state index >= 15 is 0 Å². The molecule has 0 bridgehead atoms. The quantitative estimate of drug-likeness (QED) is 0.244. The van der Waals surface area contributed by atoms with Crippen LogP contribution in [0.3, 0.4) is 0 Å². The first-order valence-electron chi connectivity index (χ1n) is 7.90. The standard InChI is InChI=1S/C14H5F17O4S.Na/c15-7(16,9(19,20)11(23,24)13(27,28)29)8(17,18)10(21,22)12(25,26)14(30,31)35-5-2-1-3-6(4-5)36(32,33)34;/h1-4H,(H,32,33,34);/q;+1/p-1. The smallest absolute Gasteiger partial charge is 0.744 e. The molecule has 4 nitrogen and oxygen atoms in total. The van der Waals surface area contributed by atoms with Crippen LogP contribution in [0.2, 0.25) is 0 Å². The molecule has 1 aromatic carbocycles. The summed E-state index contributed by atoms with van der Waals surface area (Å²) in [6.07, 6.45) is -15.1. The van der Waals surface area contributed by atoms with E-state index in [0.29, 0.717) is 0 Å². The van der Waals surface area contributed by atoms with Gasteiger partial charge < -0.3 is 9.29 Å². The van der Waals surface area contributed by atoms with Gasteiger partial charge in [0.25, 0.3) is 0 Å². The fraction of sp³-hybridized carbons (Fsp3) is 0.571. The minimum atomic E-state index is -8.79. The summed E-state index contributed by atoms with van der Waals surface area (Å²) < 4.78 is 258. The van der Waals surface area contributed by atoms with Crippen LogP contribution in [0.25, 0.3) is 0 Å². The SMILES string of the molecule is O=S(=O)([O-])c1cccc(OC(F)(F)C(F)(F)C(F)(F)C(F)(F)C(F)(F)C(F)(F)C(F)(F)C(F)(F)F)c1.[Na+]. The molecule has 0 aliphatic carbocycles. The van der Waals surface area contributed by atoms with E-state index in [2.05, 4.69) is 4.74 Å². The molecule has 0 saturated heterocycles. The zero-order valence-electron chi connectivity index (χ0n) is 16.8. The molecule has 1 rings (SSSR count). The molecule has 0 amide bonds. The number of alkyl halides is 17. The zero-order valence-corrected chi connectivity index (χ0v) is 19.6. The van der Waals surface area contributed by atoms with E-state index in [1.807, 2.05) is 0 Å². The summed E-state index contributed by atoms with van der Waals surface area (Å²) in [7, 11) is -5.61. The number of hydrogen-bond acceptors (Lipinski definition) is 4. The van der Waals surface area contributed by atoms with Crippen LogP contribution in [-0.4, -0.2) is 60.8 Å². The van der Waals surface area contributed by atoms with Gasteiger partial charge in [-0.05, 0) is 18.2 Å². The fourth-order valence-electron chi connectivity index (χ4n) is 2.05. The molecule has 0 spiro atoms. The van der Waals surface area contributed by atoms with E-state index in [-0.39, 0.29) is 47.8 Å². The normalized spacial score (nSPS) is 15.3. The molecule has 23 heteroatoms. The third kappa shape index (κ3) is 5.44. The maximum absolute atomic E-state index is 13.7. The van der Waals surface area contributed by atoms with Crippen molar-refractivity contribution in [3.05, 3.63) is 24.3 Å². The van der Waals surface area contributed by atoms with Gasteiger partial charge in [-0.2, -0.15) is 74.6 Å². The second-order valence-corrected chi connectivity index (χ2v) is 7.87. The molecule has 0 aliphatic rings. The van der Waals surface area contributed by atoms with Crippen molar-refractivity contribution < 1.29 is 122 Å². The monoisotopic (exact) mass is 614 g/mol. The maximum Gasteiger partial charge on any atom is 1.00 e. The van der Waals surface area contributed by atoms with Gasteiger partial charge in [0.1, 0.15) is 15.9 Å². The molecular formula is C14H4F17NaO4S. The summed E-state index contributed by atoms with van der Waals surface area (Å²) in [4.78, 5) is -1.60. The Morgan fingerprint density at radius 2 is 0.946 bits per heavy atom. The van der Waals surface area contributed by atoms with Crippen LogP contribution >= 0.6 is 0 Å². The van der Waals surface area contributed by atoms with Gasteiger partial charge in [-0.25, -0.2) is 8.42 Å². The van der Waals surface area contributed by atoms with Crippen LogP contribution < -0.4 is 34.3 Å². The van der Waals surface area contributed by atoms with Crippen molar-refractivity contribution in [2.45, 2.75) is 52.7 Å². The average Bonchev–Trinajstić information content (AvgIpc) is 2.65. The summed E-state index contributed by atoms with van der Waals surface area (Å²) in [5.41, 5.74) is 0. The van der Waals surface area contributed by atoms with Crippen molar-refractivity contribution in [2.24, 2.45) is 0 Å². The van der Waals surface area contributed by atoms with Crippen molar-refractivity contribution in [1.29, 1.82) is 0 Å². The van der Waals surface area contributed by atoms with Crippen LogP contribution in [0, 0.1) is 0 Å². The Morgan fingerprint density at radius 3 is 1.30 bits per heavy atom. The summed E-state index contributed by atoms with van der Waals surface area (Å²) in [6.45, 7) is 0. The fourth-order valence-corrected chi connectivity index (χ4v) is 2.56. The topological polar surface area (TPSA) is 66.4 Å². The minimum Gasteiger partial charge on any atom is -0.744 e. The van der Waals surface area contributed by atoms with E-state index in [4.69, 9.17) is 0 Å². The van der Waals surface area contributed by atoms with E-state index in [0.717, 1.165) is 0 Å². The van der Waals surface area contributed by atoms with Crippen molar-refractivity contribution in [2.75, 3.05) is 0 Å². The Kier molecular flexibility index (Phi) is 9.40. The average molecular weight is 614 g/mol. The van der Waals surface area contributed by atoms with Crippen molar-refractivity contribution in [1.82, 2.24) is 0 Å². The van der Waals surface area contributed by atoms with E-state index in [1.165, 1.54) is 0 Å². The predicted octanol–water partition coefficient (Wildman–Crippen LogP) is 2.94. The molecule has 0 N–H and O–H groups in total. The Labute approximate surface area is 214 Å². The summed E-state index contributed by atoms with van der Waals surface area (Å²) >= 11 is 0. The molecule has 0 aliphatic heterocycles. The second-order valence-electron chi connectivity index (χ2n) is 6.49. The molecule has 210 valence electrons. The third-order valence-corrected chi connectivity index (χ3v) is 4.86. The third-order valence-electron chi connectivity index (χ3n) is 4.03. The van der Waals surface area contributed by atoms with Crippen LogP contribution in [0.5, 0.6) is 5.75 Å². The van der Waals surface area contributed by atoms with Gasteiger partial charge in [0.2, 0.25) is 0 Å². The Morgan fingerprint density at radius 1 is 0.595 bits per heavy atom. The molecule has 0 saturated carbocycles. The van der Waals surface area contributed by atoms with E-state index < -0.39 is 74.6 Å². The molecule has 0 aromatic heterocycles. The zero-order chi connectivity index (χ0) is 29.2.